The topological polar surface area (TPSA) is 147 Å². The van der Waals surface area contributed by atoms with Gasteiger partial charge < -0.3 is 31.7 Å². The third-order valence-electron chi connectivity index (χ3n) is 6.74. The van der Waals surface area contributed by atoms with Crippen molar-refractivity contribution in [2.45, 2.75) is 35.2 Å². The largest absolute Gasteiger partial charge is 0.509 e. The number of para-hydroxylation sites is 1. The molecule has 0 radical (unpaired) electrons. The van der Waals surface area contributed by atoms with Gasteiger partial charge in [0.05, 0.1) is 17.3 Å². The second-order valence-corrected chi connectivity index (χ2v) is 11.2. The number of carbonyl (C=O) groups excluding carboxylic acids is 1. The molecule has 39 heavy (non-hydrogen) atoms. The standard InChI is InChI=1S/C27H29ClN8O2S/c1-16(21-19(37)15-36(25(21)38)17-7-4-3-5-8-17)31-18-9-6-10-20(22(18)28)39-24-23(29)32-26(34-33-24)35-13-11-27(2,30)12-14-35/h3-10,31,37H,1,11-15,30H2,2H3,(H2,29,32,34). The molecule has 1 fully saturated rings. The van der Waals surface area contributed by atoms with Crippen LogP contribution in [0.15, 0.2) is 82.1 Å². The van der Waals surface area contributed by atoms with Crippen molar-refractivity contribution in [2.24, 2.45) is 5.73 Å². The van der Waals surface area contributed by atoms with E-state index in [1.165, 1.54) is 16.7 Å². The average molecular weight is 565 g/mol. The third kappa shape index (κ3) is 5.65. The second kappa shape index (κ2) is 10.8. The number of nitrogens with zero attached hydrogens (tertiary/aromatic N) is 5. The molecule has 2 aliphatic heterocycles. The van der Waals surface area contributed by atoms with E-state index >= 15 is 0 Å². The summed E-state index contributed by atoms with van der Waals surface area (Å²) < 4.78 is 0. The van der Waals surface area contributed by atoms with E-state index < -0.39 is 0 Å². The number of halogens is 1. The summed E-state index contributed by atoms with van der Waals surface area (Å²) in [5.41, 5.74) is 13.8. The van der Waals surface area contributed by atoms with Crippen LogP contribution >= 0.6 is 23.4 Å². The van der Waals surface area contributed by atoms with Crippen LogP contribution in [0.2, 0.25) is 5.02 Å². The molecule has 0 saturated carbocycles. The quantitative estimate of drug-likeness (QED) is 0.326. The molecule has 0 bridgehead atoms. The van der Waals surface area contributed by atoms with Crippen LogP contribution < -0.4 is 26.6 Å². The van der Waals surface area contributed by atoms with Crippen molar-refractivity contribution in [1.82, 2.24) is 15.2 Å². The number of aliphatic hydroxyl groups is 1. The first-order chi connectivity index (χ1) is 18.6. The number of benzene rings is 2. The summed E-state index contributed by atoms with van der Waals surface area (Å²) in [5, 5.41) is 23.0. The molecular formula is C27H29ClN8O2S. The Balaban J connectivity index is 1.29. The lowest BCUT2D eigenvalue weighted by molar-refractivity contribution is -0.114. The van der Waals surface area contributed by atoms with Gasteiger partial charge in [-0.25, -0.2) is 0 Å². The first-order valence-electron chi connectivity index (χ1n) is 12.4. The van der Waals surface area contributed by atoms with Gasteiger partial charge in [-0.05, 0) is 44.0 Å². The van der Waals surface area contributed by atoms with E-state index in [4.69, 9.17) is 23.1 Å². The van der Waals surface area contributed by atoms with Gasteiger partial charge in [-0.1, -0.05) is 54.2 Å². The van der Waals surface area contributed by atoms with Crippen molar-refractivity contribution < 1.29 is 9.90 Å². The first kappa shape index (κ1) is 26.8. The van der Waals surface area contributed by atoms with Crippen molar-refractivity contribution in [3.05, 3.63) is 77.2 Å². The zero-order valence-electron chi connectivity index (χ0n) is 21.4. The van der Waals surface area contributed by atoms with Gasteiger partial charge in [-0.15, -0.1) is 10.2 Å². The number of carbonyl (C=O) groups is 1. The highest BCUT2D eigenvalue weighted by molar-refractivity contribution is 7.99. The smallest absolute Gasteiger partial charge is 0.264 e. The summed E-state index contributed by atoms with van der Waals surface area (Å²) in [6.07, 6.45) is 1.66. The molecule has 1 saturated heterocycles. The van der Waals surface area contributed by atoms with Crippen LogP contribution in [0.5, 0.6) is 0 Å². The van der Waals surface area contributed by atoms with Gasteiger partial charge in [0.25, 0.3) is 5.91 Å². The minimum Gasteiger partial charge on any atom is -0.509 e. The molecule has 3 aromatic rings. The molecule has 2 aromatic carbocycles. The van der Waals surface area contributed by atoms with E-state index in [0.717, 1.165) is 25.9 Å². The maximum Gasteiger partial charge on any atom is 0.264 e. The van der Waals surface area contributed by atoms with Crippen LogP contribution in [-0.2, 0) is 4.79 Å². The number of hydrogen-bond acceptors (Lipinski definition) is 10. The van der Waals surface area contributed by atoms with Crippen LogP contribution in [0.3, 0.4) is 0 Å². The van der Waals surface area contributed by atoms with E-state index in [2.05, 4.69) is 27.1 Å². The van der Waals surface area contributed by atoms with Gasteiger partial charge in [0.2, 0.25) is 5.95 Å². The van der Waals surface area contributed by atoms with E-state index in [9.17, 15) is 9.90 Å². The average Bonchev–Trinajstić information content (AvgIpc) is 3.21. The lowest BCUT2D eigenvalue weighted by atomic mass is 9.91. The Bertz CT molecular complexity index is 1450. The van der Waals surface area contributed by atoms with Crippen molar-refractivity contribution in [3.8, 4) is 0 Å². The maximum atomic E-state index is 13.1. The molecule has 2 aliphatic rings. The van der Waals surface area contributed by atoms with Crippen LogP contribution in [0.25, 0.3) is 0 Å². The molecule has 3 heterocycles. The van der Waals surface area contributed by atoms with E-state index in [0.29, 0.717) is 32.3 Å². The summed E-state index contributed by atoms with van der Waals surface area (Å²) in [6, 6.07) is 14.5. The Kier molecular flexibility index (Phi) is 7.39. The molecule has 12 heteroatoms. The zero-order chi connectivity index (χ0) is 27.7. The molecule has 0 atom stereocenters. The van der Waals surface area contributed by atoms with Crippen molar-refractivity contribution in [1.29, 1.82) is 0 Å². The fraction of sp³-hybridized carbons (Fsp3) is 0.259. The number of piperidine rings is 1. The number of nitrogens with two attached hydrogens (primary N) is 2. The molecule has 0 aliphatic carbocycles. The molecule has 6 N–H and O–H groups in total. The van der Waals surface area contributed by atoms with Crippen molar-refractivity contribution in [3.63, 3.8) is 0 Å². The molecular weight excluding hydrogens is 536 g/mol. The van der Waals surface area contributed by atoms with Gasteiger partial charge in [-0.2, -0.15) is 4.98 Å². The first-order valence-corrected chi connectivity index (χ1v) is 13.6. The molecule has 202 valence electrons. The van der Waals surface area contributed by atoms with E-state index in [1.54, 1.807) is 24.3 Å². The Morgan fingerprint density at radius 3 is 2.56 bits per heavy atom. The van der Waals surface area contributed by atoms with Crippen molar-refractivity contribution in [2.75, 3.05) is 40.5 Å². The van der Waals surface area contributed by atoms with Gasteiger partial charge in [0.1, 0.15) is 11.3 Å². The number of anilines is 4. The number of hydrogen-bond donors (Lipinski definition) is 4. The molecule has 1 amide bonds. The summed E-state index contributed by atoms with van der Waals surface area (Å²) in [4.78, 5) is 21.7. The molecule has 0 unspecified atom stereocenters. The number of amides is 1. The van der Waals surface area contributed by atoms with Gasteiger partial charge in [-0.3, -0.25) is 4.79 Å². The fourth-order valence-corrected chi connectivity index (χ4v) is 5.51. The monoisotopic (exact) mass is 564 g/mol. The van der Waals surface area contributed by atoms with Crippen LogP contribution in [0.1, 0.15) is 19.8 Å². The van der Waals surface area contributed by atoms with Gasteiger partial charge in [0.15, 0.2) is 10.8 Å². The summed E-state index contributed by atoms with van der Waals surface area (Å²) in [5.74, 6) is 0.306. The molecule has 5 rings (SSSR count). The van der Waals surface area contributed by atoms with Gasteiger partial charge >= 0.3 is 0 Å². The molecule has 0 spiro atoms. The SMILES string of the molecule is C=C(Nc1cccc(Sc2nnc(N3CCC(C)(N)CC3)nc2N)c1Cl)C1=C(O)CN(c2ccccc2)C1=O. The number of aromatic nitrogens is 3. The molecule has 1 aromatic heterocycles. The highest BCUT2D eigenvalue weighted by Gasteiger charge is 2.33. The number of aliphatic hydroxyl groups excluding tert-OH is 1. The Labute approximate surface area is 235 Å². The van der Waals surface area contributed by atoms with Crippen LogP contribution in [0, 0.1) is 0 Å². The Hall–Kier alpha value is -3.80. The van der Waals surface area contributed by atoms with E-state index in [1.807, 2.05) is 36.1 Å². The highest BCUT2D eigenvalue weighted by Crippen LogP contribution is 2.39. The molecule has 10 nitrogen and oxygen atoms in total. The van der Waals surface area contributed by atoms with Crippen LogP contribution in [-0.4, -0.2) is 51.4 Å². The number of nitrogen functional groups attached to an aromatic ring is 1. The number of nitrogens with one attached hydrogen (secondary N) is 1. The lowest BCUT2D eigenvalue weighted by Crippen LogP contribution is -2.48. The minimum atomic E-state index is -0.350. The lowest BCUT2D eigenvalue weighted by Gasteiger charge is -2.36. The van der Waals surface area contributed by atoms with Gasteiger partial charge in [0, 0.05) is 34.9 Å². The fourth-order valence-electron chi connectivity index (χ4n) is 4.44. The Morgan fingerprint density at radius 2 is 1.87 bits per heavy atom. The second-order valence-electron chi connectivity index (χ2n) is 9.82. The van der Waals surface area contributed by atoms with Crippen molar-refractivity contribution >= 4 is 52.4 Å². The highest BCUT2D eigenvalue weighted by atomic mass is 35.5. The van der Waals surface area contributed by atoms with Crippen LogP contribution in [0.4, 0.5) is 23.1 Å². The normalized spacial score (nSPS) is 17.1. The minimum absolute atomic E-state index is 0.0619. The Morgan fingerprint density at radius 1 is 1.15 bits per heavy atom. The summed E-state index contributed by atoms with van der Waals surface area (Å²) >= 11 is 7.94. The summed E-state index contributed by atoms with van der Waals surface area (Å²) in [7, 11) is 0. The number of rotatable bonds is 7. The van der Waals surface area contributed by atoms with E-state index in [-0.39, 0.29) is 40.8 Å². The predicted octanol–water partition coefficient (Wildman–Crippen LogP) is 4.36. The third-order valence-corrected chi connectivity index (χ3v) is 8.30. The predicted molar refractivity (Wildman–Crippen MR) is 155 cm³/mol. The zero-order valence-corrected chi connectivity index (χ0v) is 23.0. The maximum absolute atomic E-state index is 13.1. The summed E-state index contributed by atoms with van der Waals surface area (Å²) in [6.45, 7) is 7.57.